The molecule has 0 spiro atoms. The first-order chi connectivity index (χ1) is 12.0. The third-order valence-corrected chi connectivity index (χ3v) is 4.53. The Labute approximate surface area is 148 Å². The number of nitrogens with one attached hydrogen (secondary N) is 2. The number of carbonyl (C=O) groups excluding carboxylic acids is 3. The summed E-state index contributed by atoms with van der Waals surface area (Å²) in [5, 5.41) is 4.65. The number of carbonyl (C=O) groups is 3. The van der Waals surface area contributed by atoms with E-state index in [0.29, 0.717) is 32.6 Å². The predicted molar refractivity (Wildman–Crippen MR) is 95.0 cm³/mol. The number of urea groups is 1. The number of amides is 4. The molecule has 1 heterocycles. The topological polar surface area (TPSA) is 81.8 Å². The predicted octanol–water partition coefficient (Wildman–Crippen LogP) is 0.608. The molecule has 2 rings (SSSR count). The highest BCUT2D eigenvalue weighted by molar-refractivity contribution is 5.96. The summed E-state index contributed by atoms with van der Waals surface area (Å²) in [5.41, 5.74) is 1.16. The van der Waals surface area contributed by atoms with E-state index in [9.17, 15) is 14.4 Å². The molecule has 1 aromatic carbocycles. The summed E-state index contributed by atoms with van der Waals surface area (Å²) >= 11 is 0. The SMILES string of the molecule is CNC(=O)NC(=O)[C@@H](C)N1CCN(C(=O)CCc2ccccc2)CC1. The van der Waals surface area contributed by atoms with Crippen LogP contribution < -0.4 is 10.6 Å². The van der Waals surface area contributed by atoms with Crippen molar-refractivity contribution in [3.8, 4) is 0 Å². The molecule has 0 aromatic heterocycles. The maximum atomic E-state index is 12.3. The van der Waals surface area contributed by atoms with E-state index in [1.165, 1.54) is 7.05 Å². The Hall–Kier alpha value is -2.41. The van der Waals surface area contributed by atoms with Gasteiger partial charge in [0.25, 0.3) is 0 Å². The summed E-state index contributed by atoms with van der Waals surface area (Å²) in [6.45, 7) is 4.22. The summed E-state index contributed by atoms with van der Waals surface area (Å²) < 4.78 is 0. The van der Waals surface area contributed by atoms with Crippen LogP contribution in [0.3, 0.4) is 0 Å². The van der Waals surface area contributed by atoms with E-state index in [1.807, 2.05) is 40.1 Å². The van der Waals surface area contributed by atoms with Crippen LogP contribution in [0.4, 0.5) is 4.79 Å². The second-order valence-corrected chi connectivity index (χ2v) is 6.15. The largest absolute Gasteiger partial charge is 0.341 e. The summed E-state index contributed by atoms with van der Waals surface area (Å²) in [6, 6.07) is 9.06. The van der Waals surface area contributed by atoms with Crippen molar-refractivity contribution < 1.29 is 14.4 Å². The lowest BCUT2D eigenvalue weighted by Crippen LogP contribution is -2.56. The lowest BCUT2D eigenvalue weighted by molar-refractivity contribution is -0.134. The van der Waals surface area contributed by atoms with Gasteiger partial charge >= 0.3 is 6.03 Å². The summed E-state index contributed by atoms with van der Waals surface area (Å²) in [5.74, 6) is -0.186. The molecule has 0 bridgehead atoms. The van der Waals surface area contributed by atoms with Gasteiger partial charge < -0.3 is 10.2 Å². The van der Waals surface area contributed by atoms with Crippen LogP contribution in [0.25, 0.3) is 0 Å². The van der Waals surface area contributed by atoms with Crippen molar-refractivity contribution in [2.24, 2.45) is 0 Å². The van der Waals surface area contributed by atoms with E-state index in [2.05, 4.69) is 10.6 Å². The number of imide groups is 1. The van der Waals surface area contributed by atoms with E-state index in [1.54, 1.807) is 6.92 Å². The van der Waals surface area contributed by atoms with Gasteiger partial charge in [0.15, 0.2) is 0 Å². The molecule has 1 saturated heterocycles. The third-order valence-electron chi connectivity index (χ3n) is 4.53. The van der Waals surface area contributed by atoms with Crippen molar-refractivity contribution in [2.75, 3.05) is 33.2 Å². The molecule has 25 heavy (non-hydrogen) atoms. The molecule has 2 N–H and O–H groups in total. The lowest BCUT2D eigenvalue weighted by Gasteiger charge is -2.37. The van der Waals surface area contributed by atoms with Crippen LogP contribution in [0.2, 0.25) is 0 Å². The van der Waals surface area contributed by atoms with Crippen LogP contribution in [0, 0.1) is 0 Å². The van der Waals surface area contributed by atoms with Gasteiger partial charge in [-0.1, -0.05) is 30.3 Å². The first-order valence-corrected chi connectivity index (χ1v) is 8.59. The van der Waals surface area contributed by atoms with Crippen LogP contribution in [0.15, 0.2) is 30.3 Å². The van der Waals surface area contributed by atoms with Crippen LogP contribution in [0.5, 0.6) is 0 Å². The summed E-state index contributed by atoms with van der Waals surface area (Å²) in [6.07, 6.45) is 1.24. The number of benzene rings is 1. The van der Waals surface area contributed by atoms with Crippen LogP contribution >= 0.6 is 0 Å². The van der Waals surface area contributed by atoms with Gasteiger partial charge in [-0.05, 0) is 18.9 Å². The number of hydrogen-bond donors (Lipinski definition) is 2. The highest BCUT2D eigenvalue weighted by atomic mass is 16.2. The number of rotatable bonds is 5. The van der Waals surface area contributed by atoms with Crippen molar-refractivity contribution in [3.63, 3.8) is 0 Å². The van der Waals surface area contributed by atoms with Crippen molar-refractivity contribution in [3.05, 3.63) is 35.9 Å². The van der Waals surface area contributed by atoms with Crippen LogP contribution in [0.1, 0.15) is 18.9 Å². The number of hydrogen-bond acceptors (Lipinski definition) is 4. The van der Waals surface area contributed by atoms with Crippen molar-refractivity contribution in [1.29, 1.82) is 0 Å². The Morgan fingerprint density at radius 1 is 1.08 bits per heavy atom. The van der Waals surface area contributed by atoms with Gasteiger partial charge in [-0.2, -0.15) is 0 Å². The van der Waals surface area contributed by atoms with Gasteiger partial charge in [0.1, 0.15) is 0 Å². The van der Waals surface area contributed by atoms with Crippen molar-refractivity contribution in [2.45, 2.75) is 25.8 Å². The minimum Gasteiger partial charge on any atom is -0.341 e. The Balaban J connectivity index is 1.75. The molecule has 0 aliphatic carbocycles. The zero-order valence-electron chi connectivity index (χ0n) is 14.8. The Kier molecular flexibility index (Phi) is 6.94. The van der Waals surface area contributed by atoms with E-state index in [-0.39, 0.29) is 11.8 Å². The molecule has 0 radical (unpaired) electrons. The highest BCUT2D eigenvalue weighted by Gasteiger charge is 2.27. The van der Waals surface area contributed by atoms with Gasteiger partial charge in [0.2, 0.25) is 11.8 Å². The lowest BCUT2D eigenvalue weighted by atomic mass is 10.1. The van der Waals surface area contributed by atoms with Gasteiger partial charge in [-0.15, -0.1) is 0 Å². The summed E-state index contributed by atoms with van der Waals surface area (Å²) in [7, 11) is 1.47. The molecule has 7 nitrogen and oxygen atoms in total. The minimum absolute atomic E-state index is 0.144. The second-order valence-electron chi connectivity index (χ2n) is 6.15. The highest BCUT2D eigenvalue weighted by Crippen LogP contribution is 2.10. The standard InChI is InChI=1S/C18H26N4O3/c1-14(17(24)20-18(25)19-2)21-10-12-22(13-11-21)16(23)9-8-15-6-4-3-5-7-15/h3-7,14H,8-13H2,1-2H3,(H2,19,20,24,25)/t14-/m1/s1. The van der Waals surface area contributed by atoms with E-state index in [0.717, 1.165) is 12.0 Å². The average Bonchev–Trinajstić information content (AvgIpc) is 2.66. The number of piperazine rings is 1. The fraction of sp³-hybridized carbons (Fsp3) is 0.500. The quantitative estimate of drug-likeness (QED) is 0.818. The van der Waals surface area contributed by atoms with E-state index < -0.39 is 12.1 Å². The molecule has 1 atom stereocenters. The molecular formula is C18H26N4O3. The molecule has 1 aliphatic heterocycles. The molecule has 1 aliphatic rings. The van der Waals surface area contributed by atoms with Crippen molar-refractivity contribution in [1.82, 2.24) is 20.4 Å². The maximum Gasteiger partial charge on any atom is 0.321 e. The summed E-state index contributed by atoms with van der Waals surface area (Å²) in [4.78, 5) is 39.4. The third kappa shape index (κ3) is 5.56. The first kappa shape index (κ1) is 18.9. The normalized spacial score (nSPS) is 16.2. The molecule has 4 amide bonds. The monoisotopic (exact) mass is 346 g/mol. The molecule has 0 unspecified atom stereocenters. The van der Waals surface area contributed by atoms with Crippen molar-refractivity contribution >= 4 is 17.8 Å². The van der Waals surface area contributed by atoms with Crippen LogP contribution in [-0.2, 0) is 16.0 Å². The second kappa shape index (κ2) is 9.17. The maximum absolute atomic E-state index is 12.3. The smallest absolute Gasteiger partial charge is 0.321 e. The fourth-order valence-corrected chi connectivity index (χ4v) is 2.86. The van der Waals surface area contributed by atoms with Gasteiger partial charge in [-0.3, -0.25) is 19.8 Å². The van der Waals surface area contributed by atoms with E-state index in [4.69, 9.17) is 0 Å². The average molecular weight is 346 g/mol. The zero-order chi connectivity index (χ0) is 18.2. The molecule has 0 saturated carbocycles. The number of aryl methyl sites for hydroxylation is 1. The van der Waals surface area contributed by atoms with Gasteiger partial charge in [-0.25, -0.2) is 4.79 Å². The minimum atomic E-state index is -0.508. The Bertz CT molecular complexity index is 598. The van der Waals surface area contributed by atoms with Crippen LogP contribution in [-0.4, -0.2) is 66.9 Å². The molecule has 7 heteroatoms. The van der Waals surface area contributed by atoms with Gasteiger partial charge in [0.05, 0.1) is 6.04 Å². The molecule has 136 valence electrons. The molecule has 1 aromatic rings. The van der Waals surface area contributed by atoms with E-state index >= 15 is 0 Å². The zero-order valence-corrected chi connectivity index (χ0v) is 14.8. The number of nitrogens with zero attached hydrogens (tertiary/aromatic N) is 2. The Morgan fingerprint density at radius 3 is 2.32 bits per heavy atom. The fourth-order valence-electron chi connectivity index (χ4n) is 2.86. The molecular weight excluding hydrogens is 320 g/mol. The Morgan fingerprint density at radius 2 is 1.72 bits per heavy atom. The molecule has 1 fully saturated rings. The van der Waals surface area contributed by atoms with Gasteiger partial charge in [0, 0.05) is 39.6 Å². The first-order valence-electron chi connectivity index (χ1n) is 8.59.